The van der Waals surface area contributed by atoms with Gasteiger partial charge in [0.05, 0.1) is 0 Å². The Kier molecular flexibility index (Phi) is 4.73. The fraction of sp³-hybridized carbons (Fsp3) is 0.938. The van der Waals surface area contributed by atoms with Crippen molar-refractivity contribution in [3.8, 4) is 0 Å². The molecule has 2 rings (SSSR count). The van der Waals surface area contributed by atoms with E-state index in [-0.39, 0.29) is 0 Å². The van der Waals surface area contributed by atoms with Gasteiger partial charge in [-0.1, -0.05) is 58.8 Å². The second-order valence-electron chi connectivity index (χ2n) is 6.09. The molecule has 2 aliphatic carbocycles. The summed E-state index contributed by atoms with van der Waals surface area (Å²) in [5.41, 5.74) is 0. The van der Waals surface area contributed by atoms with E-state index in [0.29, 0.717) is 0 Å². The molecular formula is C16H29. The van der Waals surface area contributed by atoms with Crippen LogP contribution in [0.15, 0.2) is 0 Å². The molecule has 0 aromatic heterocycles. The van der Waals surface area contributed by atoms with Crippen molar-refractivity contribution in [2.45, 2.75) is 78.1 Å². The topological polar surface area (TPSA) is 0 Å². The lowest BCUT2D eigenvalue weighted by molar-refractivity contribution is 0.200. The maximum absolute atomic E-state index is 2.41. The fourth-order valence-electron chi connectivity index (χ4n) is 4.11. The van der Waals surface area contributed by atoms with Gasteiger partial charge in [-0.05, 0) is 42.9 Å². The standard InChI is InChI=1S/C16H29/c1-3-13-8-7-10-15(12-13)16-11-6-5-9-14(16)4-2/h13-14,16H,3-12H2,1-2H3. The van der Waals surface area contributed by atoms with E-state index in [9.17, 15) is 0 Å². The molecule has 2 fully saturated rings. The highest BCUT2D eigenvalue weighted by Crippen LogP contribution is 2.45. The van der Waals surface area contributed by atoms with Crippen molar-refractivity contribution >= 4 is 0 Å². The molecule has 0 amide bonds. The van der Waals surface area contributed by atoms with E-state index in [0.717, 1.165) is 17.8 Å². The molecular weight excluding hydrogens is 192 g/mol. The van der Waals surface area contributed by atoms with Gasteiger partial charge in [-0.3, -0.25) is 0 Å². The third-order valence-corrected chi connectivity index (χ3v) is 5.20. The Morgan fingerprint density at radius 3 is 2.50 bits per heavy atom. The number of hydrogen-bond acceptors (Lipinski definition) is 0. The molecule has 16 heavy (non-hydrogen) atoms. The van der Waals surface area contributed by atoms with Gasteiger partial charge in [0, 0.05) is 0 Å². The second-order valence-corrected chi connectivity index (χ2v) is 6.09. The van der Waals surface area contributed by atoms with Gasteiger partial charge in [0.2, 0.25) is 0 Å². The lowest BCUT2D eigenvalue weighted by atomic mass is 9.65. The van der Waals surface area contributed by atoms with Gasteiger partial charge < -0.3 is 0 Å². The Morgan fingerprint density at radius 2 is 1.75 bits per heavy atom. The SMILES string of the molecule is CCC1CCC[C](C2CCCCC2CC)C1. The number of hydrogen-bond donors (Lipinski definition) is 0. The predicted octanol–water partition coefficient (Wildman–Crippen LogP) is 5.38. The molecule has 2 saturated carbocycles. The molecule has 0 aromatic rings. The second kappa shape index (κ2) is 6.07. The minimum absolute atomic E-state index is 1.02. The van der Waals surface area contributed by atoms with Crippen LogP contribution in [-0.2, 0) is 0 Å². The molecule has 2 aliphatic rings. The summed E-state index contributed by atoms with van der Waals surface area (Å²) in [6.07, 6.45) is 14.8. The summed E-state index contributed by atoms with van der Waals surface area (Å²) in [5.74, 6) is 5.07. The molecule has 3 unspecified atom stereocenters. The molecule has 0 aromatic carbocycles. The Balaban J connectivity index is 1.93. The van der Waals surface area contributed by atoms with E-state index >= 15 is 0 Å². The van der Waals surface area contributed by atoms with Gasteiger partial charge in [-0.2, -0.15) is 0 Å². The molecule has 0 bridgehead atoms. The van der Waals surface area contributed by atoms with E-state index in [1.165, 1.54) is 64.2 Å². The molecule has 0 heteroatoms. The largest absolute Gasteiger partial charge is 0.0651 e. The molecule has 0 aliphatic heterocycles. The van der Waals surface area contributed by atoms with Crippen LogP contribution in [0.25, 0.3) is 0 Å². The minimum Gasteiger partial charge on any atom is -0.0651 e. The van der Waals surface area contributed by atoms with Gasteiger partial charge >= 0.3 is 0 Å². The summed E-state index contributed by atoms with van der Waals surface area (Å²) < 4.78 is 0. The molecule has 0 nitrogen and oxygen atoms in total. The summed E-state index contributed by atoms with van der Waals surface area (Å²) in [6, 6.07) is 0. The number of rotatable bonds is 3. The molecule has 0 saturated heterocycles. The van der Waals surface area contributed by atoms with Gasteiger partial charge in [0.15, 0.2) is 0 Å². The van der Waals surface area contributed by atoms with E-state index < -0.39 is 0 Å². The fourth-order valence-corrected chi connectivity index (χ4v) is 4.11. The monoisotopic (exact) mass is 221 g/mol. The zero-order valence-corrected chi connectivity index (χ0v) is 11.3. The molecule has 0 heterocycles. The van der Waals surface area contributed by atoms with Crippen molar-refractivity contribution in [2.75, 3.05) is 0 Å². The molecule has 1 radical (unpaired) electrons. The van der Waals surface area contributed by atoms with Crippen LogP contribution in [0.4, 0.5) is 0 Å². The van der Waals surface area contributed by atoms with E-state index in [4.69, 9.17) is 0 Å². The third-order valence-electron chi connectivity index (χ3n) is 5.20. The van der Waals surface area contributed by atoms with Gasteiger partial charge in [0.1, 0.15) is 0 Å². The highest BCUT2D eigenvalue weighted by molar-refractivity contribution is 5.03. The predicted molar refractivity (Wildman–Crippen MR) is 71.2 cm³/mol. The minimum atomic E-state index is 1.02. The van der Waals surface area contributed by atoms with Crippen LogP contribution in [0.3, 0.4) is 0 Å². The van der Waals surface area contributed by atoms with Crippen LogP contribution in [-0.4, -0.2) is 0 Å². The lowest BCUT2D eigenvalue weighted by Gasteiger charge is -2.40. The van der Waals surface area contributed by atoms with Crippen LogP contribution < -0.4 is 0 Å². The summed E-state index contributed by atoms with van der Waals surface area (Å²) in [4.78, 5) is 0. The average Bonchev–Trinajstić information content (AvgIpc) is 2.38. The van der Waals surface area contributed by atoms with E-state index in [1.807, 2.05) is 5.92 Å². The van der Waals surface area contributed by atoms with Crippen molar-refractivity contribution in [3.05, 3.63) is 5.92 Å². The Morgan fingerprint density at radius 1 is 0.938 bits per heavy atom. The maximum Gasteiger partial charge on any atom is -0.0205 e. The smallest absolute Gasteiger partial charge is 0.0205 e. The summed E-state index contributed by atoms with van der Waals surface area (Å²) in [7, 11) is 0. The summed E-state index contributed by atoms with van der Waals surface area (Å²) >= 11 is 0. The molecule has 93 valence electrons. The molecule has 0 spiro atoms. The van der Waals surface area contributed by atoms with Crippen LogP contribution in [0.2, 0.25) is 0 Å². The van der Waals surface area contributed by atoms with Crippen LogP contribution in [0.5, 0.6) is 0 Å². The van der Waals surface area contributed by atoms with Gasteiger partial charge in [-0.25, -0.2) is 0 Å². The first kappa shape index (κ1) is 12.5. The molecule has 3 atom stereocenters. The Hall–Kier alpha value is 0. The van der Waals surface area contributed by atoms with Crippen LogP contribution in [0, 0.1) is 23.7 Å². The third kappa shape index (κ3) is 2.81. The van der Waals surface area contributed by atoms with Crippen molar-refractivity contribution in [1.29, 1.82) is 0 Å². The lowest BCUT2D eigenvalue weighted by Crippen LogP contribution is -2.28. The van der Waals surface area contributed by atoms with Gasteiger partial charge in [-0.15, -0.1) is 0 Å². The zero-order valence-electron chi connectivity index (χ0n) is 11.3. The average molecular weight is 221 g/mol. The first-order valence-electron chi connectivity index (χ1n) is 7.69. The quantitative estimate of drug-likeness (QED) is 0.600. The molecule has 0 N–H and O–H groups in total. The van der Waals surface area contributed by atoms with Crippen molar-refractivity contribution in [1.82, 2.24) is 0 Å². The van der Waals surface area contributed by atoms with Gasteiger partial charge in [0.25, 0.3) is 0 Å². The highest BCUT2D eigenvalue weighted by atomic mass is 14.4. The summed E-state index contributed by atoms with van der Waals surface area (Å²) in [6.45, 7) is 4.79. The highest BCUT2D eigenvalue weighted by Gasteiger charge is 2.33. The van der Waals surface area contributed by atoms with Crippen molar-refractivity contribution < 1.29 is 0 Å². The normalized spacial score (nSPS) is 37.5. The first-order chi connectivity index (χ1) is 7.85. The van der Waals surface area contributed by atoms with Crippen LogP contribution >= 0.6 is 0 Å². The first-order valence-corrected chi connectivity index (χ1v) is 7.69. The maximum atomic E-state index is 2.41. The van der Waals surface area contributed by atoms with E-state index in [1.54, 1.807) is 0 Å². The Labute approximate surface area is 102 Å². The van der Waals surface area contributed by atoms with Crippen molar-refractivity contribution in [3.63, 3.8) is 0 Å². The van der Waals surface area contributed by atoms with Crippen LogP contribution in [0.1, 0.15) is 78.1 Å². The summed E-state index contributed by atoms with van der Waals surface area (Å²) in [5, 5.41) is 0. The van der Waals surface area contributed by atoms with E-state index in [2.05, 4.69) is 13.8 Å². The Bertz CT molecular complexity index is 196. The van der Waals surface area contributed by atoms with Crippen molar-refractivity contribution in [2.24, 2.45) is 17.8 Å². The zero-order chi connectivity index (χ0) is 11.4.